The second-order valence-electron chi connectivity index (χ2n) is 4.75. The lowest BCUT2D eigenvalue weighted by Gasteiger charge is -2.21. The first-order valence-corrected chi connectivity index (χ1v) is 5.94. The lowest BCUT2D eigenvalue weighted by Crippen LogP contribution is -2.04. The third-order valence-electron chi connectivity index (χ3n) is 3.69. The summed E-state index contributed by atoms with van der Waals surface area (Å²) >= 11 is 0. The molecule has 0 radical (unpaired) electrons. The summed E-state index contributed by atoms with van der Waals surface area (Å²) in [7, 11) is 0. The van der Waals surface area contributed by atoms with Gasteiger partial charge in [-0.2, -0.15) is 0 Å². The molecule has 0 heteroatoms. The van der Waals surface area contributed by atoms with Crippen LogP contribution in [0.4, 0.5) is 0 Å². The minimum absolute atomic E-state index is 1.19. The van der Waals surface area contributed by atoms with Gasteiger partial charge in [-0.15, -0.1) is 0 Å². The van der Waals surface area contributed by atoms with Crippen LogP contribution in [-0.4, -0.2) is 0 Å². The molecule has 80 valence electrons. The Labute approximate surface area is 96.9 Å². The molecule has 0 aromatic heterocycles. The zero-order valence-electron chi connectivity index (χ0n) is 9.88. The van der Waals surface area contributed by atoms with Gasteiger partial charge in [-0.3, -0.25) is 0 Å². The molecular weight excluding hydrogens is 192 g/mol. The van der Waals surface area contributed by atoms with Gasteiger partial charge in [-0.25, -0.2) is 0 Å². The lowest BCUT2D eigenvalue weighted by molar-refractivity contribution is 0.938. The number of fused-ring (bicyclic) bond motifs is 3. The molecule has 0 spiro atoms. The van der Waals surface area contributed by atoms with E-state index >= 15 is 0 Å². The normalized spacial score (nSPS) is 13.1. The fraction of sp³-hybridized carbons (Fsp3) is 0.250. The summed E-state index contributed by atoms with van der Waals surface area (Å²) in [5.74, 6) is 0. The first-order valence-electron chi connectivity index (χ1n) is 5.94. The van der Waals surface area contributed by atoms with Crippen molar-refractivity contribution in [1.29, 1.82) is 0 Å². The molecule has 0 N–H and O–H groups in total. The maximum Gasteiger partial charge on any atom is -0.0146 e. The van der Waals surface area contributed by atoms with Crippen LogP contribution in [0.25, 0.3) is 11.1 Å². The molecule has 1 aliphatic carbocycles. The second-order valence-corrected chi connectivity index (χ2v) is 4.75. The van der Waals surface area contributed by atoms with Crippen molar-refractivity contribution >= 4 is 0 Å². The van der Waals surface area contributed by atoms with Gasteiger partial charge in [0.2, 0.25) is 0 Å². The van der Waals surface area contributed by atoms with E-state index in [-0.39, 0.29) is 0 Å². The van der Waals surface area contributed by atoms with Gasteiger partial charge in [-0.1, -0.05) is 36.4 Å². The van der Waals surface area contributed by atoms with E-state index in [1.807, 2.05) is 0 Å². The Morgan fingerprint density at radius 3 is 2.31 bits per heavy atom. The van der Waals surface area contributed by atoms with E-state index in [1.165, 1.54) is 46.2 Å². The molecule has 0 aliphatic heterocycles. The quantitative estimate of drug-likeness (QED) is 0.612. The average molecular weight is 208 g/mol. The zero-order chi connectivity index (χ0) is 11.1. The van der Waals surface area contributed by atoms with Crippen molar-refractivity contribution in [3.05, 3.63) is 58.7 Å². The number of aryl methyl sites for hydroxylation is 4. The van der Waals surface area contributed by atoms with Gasteiger partial charge in [-0.05, 0) is 60.1 Å². The van der Waals surface area contributed by atoms with Gasteiger partial charge >= 0.3 is 0 Å². The Kier molecular flexibility index (Phi) is 2.10. The van der Waals surface area contributed by atoms with Crippen molar-refractivity contribution in [1.82, 2.24) is 0 Å². The summed E-state index contributed by atoms with van der Waals surface area (Å²) in [6.45, 7) is 4.41. The highest BCUT2D eigenvalue weighted by Crippen LogP contribution is 2.34. The summed E-state index contributed by atoms with van der Waals surface area (Å²) in [4.78, 5) is 0. The average Bonchev–Trinajstić information content (AvgIpc) is 2.31. The number of hydrogen-bond donors (Lipinski definition) is 0. The van der Waals surface area contributed by atoms with Crippen molar-refractivity contribution in [2.75, 3.05) is 0 Å². The molecule has 0 heterocycles. The van der Waals surface area contributed by atoms with Crippen LogP contribution in [0.1, 0.15) is 22.3 Å². The molecule has 0 fully saturated rings. The van der Waals surface area contributed by atoms with E-state index in [1.54, 1.807) is 0 Å². The summed E-state index contributed by atoms with van der Waals surface area (Å²) in [5.41, 5.74) is 8.71. The predicted molar refractivity (Wildman–Crippen MR) is 68.8 cm³/mol. The molecular formula is C16H16. The molecule has 0 amide bonds. The van der Waals surface area contributed by atoms with Crippen LogP contribution >= 0.6 is 0 Å². The molecule has 2 aromatic carbocycles. The Balaban J connectivity index is 2.28. The van der Waals surface area contributed by atoms with E-state index in [0.717, 1.165) is 0 Å². The molecule has 0 unspecified atom stereocenters. The Morgan fingerprint density at radius 1 is 0.750 bits per heavy atom. The highest BCUT2D eigenvalue weighted by molar-refractivity contribution is 5.74. The SMILES string of the molecule is Cc1cc2c(cc1C)-c1ccccc1CC2. The minimum atomic E-state index is 1.19. The van der Waals surface area contributed by atoms with Crippen LogP contribution in [0.5, 0.6) is 0 Å². The highest BCUT2D eigenvalue weighted by Gasteiger charge is 2.15. The molecule has 16 heavy (non-hydrogen) atoms. The fourth-order valence-electron chi connectivity index (χ4n) is 2.60. The van der Waals surface area contributed by atoms with Crippen LogP contribution in [0.2, 0.25) is 0 Å². The third-order valence-corrected chi connectivity index (χ3v) is 3.69. The second kappa shape index (κ2) is 3.48. The first-order chi connectivity index (χ1) is 7.75. The smallest absolute Gasteiger partial charge is 0.0146 e. The van der Waals surface area contributed by atoms with Crippen molar-refractivity contribution < 1.29 is 0 Å². The Bertz CT molecular complexity index is 550. The summed E-state index contributed by atoms with van der Waals surface area (Å²) in [6, 6.07) is 13.5. The van der Waals surface area contributed by atoms with Crippen LogP contribution < -0.4 is 0 Å². The van der Waals surface area contributed by atoms with Crippen molar-refractivity contribution in [3.8, 4) is 11.1 Å². The summed E-state index contributed by atoms with van der Waals surface area (Å²) in [6.07, 6.45) is 2.37. The van der Waals surface area contributed by atoms with E-state index in [9.17, 15) is 0 Å². The molecule has 0 nitrogen and oxygen atoms in total. The Hall–Kier alpha value is -1.56. The summed E-state index contributed by atoms with van der Waals surface area (Å²) < 4.78 is 0. The third kappa shape index (κ3) is 1.37. The Morgan fingerprint density at radius 2 is 1.44 bits per heavy atom. The molecule has 0 saturated carbocycles. The molecule has 1 aliphatic rings. The zero-order valence-corrected chi connectivity index (χ0v) is 9.88. The number of rotatable bonds is 0. The molecule has 2 aromatic rings. The monoisotopic (exact) mass is 208 g/mol. The molecule has 0 bridgehead atoms. The van der Waals surface area contributed by atoms with Crippen molar-refractivity contribution in [2.24, 2.45) is 0 Å². The van der Waals surface area contributed by atoms with Gasteiger partial charge in [0.25, 0.3) is 0 Å². The largest absolute Gasteiger partial charge is 0.0620 e. The first kappa shape index (κ1) is 9.65. The van der Waals surface area contributed by atoms with Gasteiger partial charge < -0.3 is 0 Å². The van der Waals surface area contributed by atoms with Gasteiger partial charge in [0.1, 0.15) is 0 Å². The molecule has 0 saturated heterocycles. The van der Waals surface area contributed by atoms with Crippen LogP contribution in [0, 0.1) is 13.8 Å². The molecule has 0 atom stereocenters. The van der Waals surface area contributed by atoms with Crippen molar-refractivity contribution in [3.63, 3.8) is 0 Å². The van der Waals surface area contributed by atoms with Gasteiger partial charge in [0.15, 0.2) is 0 Å². The lowest BCUT2D eigenvalue weighted by atomic mass is 9.84. The van der Waals surface area contributed by atoms with Gasteiger partial charge in [0.05, 0.1) is 0 Å². The maximum atomic E-state index is 2.36. The van der Waals surface area contributed by atoms with Crippen LogP contribution in [0.3, 0.4) is 0 Å². The fourth-order valence-corrected chi connectivity index (χ4v) is 2.60. The van der Waals surface area contributed by atoms with E-state index < -0.39 is 0 Å². The van der Waals surface area contributed by atoms with E-state index in [0.29, 0.717) is 0 Å². The van der Waals surface area contributed by atoms with Crippen molar-refractivity contribution in [2.45, 2.75) is 26.7 Å². The maximum absolute atomic E-state index is 2.36. The predicted octanol–water partition coefficient (Wildman–Crippen LogP) is 4.07. The minimum Gasteiger partial charge on any atom is -0.0620 e. The van der Waals surface area contributed by atoms with Crippen LogP contribution in [0.15, 0.2) is 36.4 Å². The standard InChI is InChI=1S/C16H16/c1-11-9-14-8-7-13-5-3-4-6-15(13)16(14)10-12(11)2/h3-6,9-10H,7-8H2,1-2H3. The number of hydrogen-bond acceptors (Lipinski definition) is 0. The topological polar surface area (TPSA) is 0 Å². The van der Waals surface area contributed by atoms with E-state index in [2.05, 4.69) is 50.2 Å². The van der Waals surface area contributed by atoms with Crippen LogP contribution in [-0.2, 0) is 12.8 Å². The summed E-state index contributed by atoms with van der Waals surface area (Å²) in [5, 5.41) is 0. The van der Waals surface area contributed by atoms with Gasteiger partial charge in [0, 0.05) is 0 Å². The van der Waals surface area contributed by atoms with E-state index in [4.69, 9.17) is 0 Å². The molecule has 3 rings (SSSR count). The number of benzene rings is 2. The highest BCUT2D eigenvalue weighted by atomic mass is 14.2.